The second-order valence-electron chi connectivity index (χ2n) is 3.98. The van der Waals surface area contributed by atoms with Crippen LogP contribution in [0.25, 0.3) is 0 Å². The van der Waals surface area contributed by atoms with E-state index in [1.54, 1.807) is 24.4 Å². The number of fused-ring (bicyclic) bond motifs is 1. The van der Waals surface area contributed by atoms with Crippen LogP contribution < -0.4 is 9.47 Å². The van der Waals surface area contributed by atoms with Gasteiger partial charge in [-0.05, 0) is 24.3 Å². The highest BCUT2D eigenvalue weighted by atomic mass is 16.5. The van der Waals surface area contributed by atoms with Crippen LogP contribution in [0.3, 0.4) is 0 Å². The fourth-order valence-corrected chi connectivity index (χ4v) is 1.80. The Bertz CT molecular complexity index is 581. The highest BCUT2D eigenvalue weighted by Gasteiger charge is 2.21. The molecule has 0 saturated heterocycles. The standard InChI is InChI=1S/C14H11NO3/c16-13-9-18-14-7-11(4-5-12(13)14)17-8-10-3-1-2-6-15-10/h1-7H,8-9H2. The molecule has 1 aliphatic heterocycles. The average Bonchev–Trinajstić information content (AvgIpc) is 2.79. The molecule has 4 heteroatoms. The first-order chi connectivity index (χ1) is 8.83. The minimum atomic E-state index is 0.0151. The Balaban J connectivity index is 1.73. The number of ether oxygens (including phenoxy) is 2. The Morgan fingerprint density at radius 3 is 3.06 bits per heavy atom. The van der Waals surface area contributed by atoms with Crippen LogP contribution in [-0.4, -0.2) is 17.4 Å². The lowest BCUT2D eigenvalue weighted by Crippen LogP contribution is -1.98. The summed E-state index contributed by atoms with van der Waals surface area (Å²) in [7, 11) is 0. The van der Waals surface area contributed by atoms with Gasteiger partial charge in [-0.2, -0.15) is 0 Å². The van der Waals surface area contributed by atoms with E-state index in [0.717, 1.165) is 5.69 Å². The van der Waals surface area contributed by atoms with Gasteiger partial charge in [0.1, 0.15) is 18.1 Å². The summed E-state index contributed by atoms with van der Waals surface area (Å²) < 4.78 is 10.9. The van der Waals surface area contributed by atoms with Gasteiger partial charge in [-0.15, -0.1) is 0 Å². The van der Waals surface area contributed by atoms with E-state index in [1.807, 2.05) is 18.2 Å². The number of carbonyl (C=O) groups is 1. The van der Waals surface area contributed by atoms with Gasteiger partial charge in [-0.1, -0.05) is 6.07 Å². The third-order valence-corrected chi connectivity index (χ3v) is 2.73. The van der Waals surface area contributed by atoms with Crippen molar-refractivity contribution in [1.29, 1.82) is 0 Å². The molecule has 0 atom stereocenters. The van der Waals surface area contributed by atoms with Crippen LogP contribution in [0.15, 0.2) is 42.6 Å². The van der Waals surface area contributed by atoms with Crippen LogP contribution in [0.5, 0.6) is 11.5 Å². The molecule has 1 aromatic carbocycles. The highest BCUT2D eigenvalue weighted by Crippen LogP contribution is 2.29. The lowest BCUT2D eigenvalue weighted by molar-refractivity contribution is 0.0961. The van der Waals surface area contributed by atoms with Crippen molar-refractivity contribution < 1.29 is 14.3 Å². The number of benzene rings is 1. The summed E-state index contributed by atoms with van der Waals surface area (Å²) in [5.41, 5.74) is 1.48. The maximum absolute atomic E-state index is 11.4. The Kier molecular flexibility index (Phi) is 2.68. The van der Waals surface area contributed by atoms with Crippen molar-refractivity contribution in [1.82, 2.24) is 4.98 Å². The Morgan fingerprint density at radius 1 is 1.28 bits per heavy atom. The predicted molar refractivity (Wildman–Crippen MR) is 64.8 cm³/mol. The minimum Gasteiger partial charge on any atom is -0.487 e. The number of Topliss-reactive ketones (excluding diaryl/α,β-unsaturated/α-hetero) is 1. The normalized spacial score (nSPS) is 13.0. The molecule has 90 valence electrons. The summed E-state index contributed by atoms with van der Waals surface area (Å²) in [6, 6.07) is 10.9. The lowest BCUT2D eigenvalue weighted by atomic mass is 10.1. The van der Waals surface area contributed by atoms with Crippen LogP contribution in [0.4, 0.5) is 0 Å². The van der Waals surface area contributed by atoms with Gasteiger partial charge in [-0.3, -0.25) is 9.78 Å². The molecule has 2 heterocycles. The number of rotatable bonds is 3. The van der Waals surface area contributed by atoms with Crippen molar-refractivity contribution in [3.63, 3.8) is 0 Å². The van der Waals surface area contributed by atoms with Crippen LogP contribution in [0.1, 0.15) is 16.1 Å². The van der Waals surface area contributed by atoms with E-state index in [9.17, 15) is 4.79 Å². The molecular weight excluding hydrogens is 230 g/mol. The topological polar surface area (TPSA) is 48.4 Å². The number of carbonyl (C=O) groups excluding carboxylic acids is 1. The monoisotopic (exact) mass is 241 g/mol. The lowest BCUT2D eigenvalue weighted by Gasteiger charge is -2.06. The highest BCUT2D eigenvalue weighted by molar-refractivity contribution is 6.02. The average molecular weight is 241 g/mol. The van der Waals surface area contributed by atoms with Gasteiger partial charge < -0.3 is 9.47 Å². The van der Waals surface area contributed by atoms with Gasteiger partial charge in [0.2, 0.25) is 5.78 Å². The van der Waals surface area contributed by atoms with Crippen molar-refractivity contribution >= 4 is 5.78 Å². The molecule has 4 nitrogen and oxygen atoms in total. The molecule has 0 fully saturated rings. The molecule has 2 aromatic rings. The summed E-state index contributed by atoms with van der Waals surface area (Å²) in [5.74, 6) is 1.29. The summed E-state index contributed by atoms with van der Waals surface area (Å²) in [6.07, 6.45) is 1.73. The van der Waals surface area contributed by atoms with Gasteiger partial charge in [0, 0.05) is 12.3 Å². The van der Waals surface area contributed by atoms with Crippen molar-refractivity contribution in [2.75, 3.05) is 6.61 Å². The maximum atomic E-state index is 11.4. The molecule has 0 spiro atoms. The van der Waals surface area contributed by atoms with E-state index in [1.165, 1.54) is 0 Å². The maximum Gasteiger partial charge on any atom is 0.203 e. The van der Waals surface area contributed by atoms with E-state index >= 15 is 0 Å². The number of nitrogens with zero attached hydrogens (tertiary/aromatic N) is 1. The second kappa shape index (κ2) is 4.49. The second-order valence-corrected chi connectivity index (χ2v) is 3.98. The van der Waals surface area contributed by atoms with E-state index in [2.05, 4.69) is 4.98 Å². The molecule has 18 heavy (non-hydrogen) atoms. The summed E-state index contributed by atoms with van der Waals surface area (Å²) in [6.45, 7) is 0.520. The molecular formula is C14H11NO3. The zero-order valence-electron chi connectivity index (χ0n) is 9.63. The third-order valence-electron chi connectivity index (χ3n) is 2.73. The molecule has 0 saturated carbocycles. The van der Waals surface area contributed by atoms with Crippen molar-refractivity contribution in [2.45, 2.75) is 6.61 Å². The molecule has 1 aromatic heterocycles. The summed E-state index contributed by atoms with van der Waals surface area (Å²) in [4.78, 5) is 15.5. The van der Waals surface area contributed by atoms with E-state index in [-0.39, 0.29) is 12.4 Å². The third kappa shape index (κ3) is 2.05. The van der Waals surface area contributed by atoms with Gasteiger partial charge in [0.25, 0.3) is 0 Å². The Labute approximate surface area is 104 Å². The minimum absolute atomic E-state index is 0.0151. The first-order valence-corrected chi connectivity index (χ1v) is 5.66. The van der Waals surface area contributed by atoms with Crippen LogP contribution in [0, 0.1) is 0 Å². The fraction of sp³-hybridized carbons (Fsp3) is 0.143. The molecule has 0 radical (unpaired) electrons. The van der Waals surface area contributed by atoms with Gasteiger partial charge in [-0.25, -0.2) is 0 Å². The Hall–Kier alpha value is -2.36. The van der Waals surface area contributed by atoms with Crippen molar-refractivity contribution in [3.8, 4) is 11.5 Å². The van der Waals surface area contributed by atoms with E-state index in [0.29, 0.717) is 23.7 Å². The van der Waals surface area contributed by atoms with E-state index in [4.69, 9.17) is 9.47 Å². The first kappa shape index (κ1) is 10.8. The fourth-order valence-electron chi connectivity index (χ4n) is 1.80. The number of hydrogen-bond donors (Lipinski definition) is 0. The Morgan fingerprint density at radius 2 is 2.22 bits per heavy atom. The zero-order valence-corrected chi connectivity index (χ0v) is 9.63. The molecule has 0 aliphatic carbocycles. The quantitative estimate of drug-likeness (QED) is 0.826. The zero-order chi connectivity index (χ0) is 12.4. The van der Waals surface area contributed by atoms with Crippen LogP contribution in [-0.2, 0) is 6.61 Å². The number of aromatic nitrogens is 1. The summed E-state index contributed by atoms with van der Waals surface area (Å²) >= 11 is 0. The van der Waals surface area contributed by atoms with Gasteiger partial charge in [0.15, 0.2) is 6.61 Å². The van der Waals surface area contributed by atoms with Gasteiger partial charge >= 0.3 is 0 Å². The smallest absolute Gasteiger partial charge is 0.203 e. The molecule has 0 amide bonds. The van der Waals surface area contributed by atoms with Crippen LogP contribution >= 0.6 is 0 Å². The molecule has 0 N–H and O–H groups in total. The number of pyridine rings is 1. The number of hydrogen-bond acceptors (Lipinski definition) is 4. The number of ketones is 1. The van der Waals surface area contributed by atoms with Crippen LogP contribution in [0.2, 0.25) is 0 Å². The van der Waals surface area contributed by atoms with Gasteiger partial charge in [0.05, 0.1) is 11.3 Å². The van der Waals surface area contributed by atoms with E-state index < -0.39 is 0 Å². The predicted octanol–water partition coefficient (Wildman–Crippen LogP) is 2.24. The largest absolute Gasteiger partial charge is 0.487 e. The molecule has 3 rings (SSSR count). The first-order valence-electron chi connectivity index (χ1n) is 5.66. The molecule has 1 aliphatic rings. The van der Waals surface area contributed by atoms with Crippen molar-refractivity contribution in [2.24, 2.45) is 0 Å². The summed E-state index contributed by atoms with van der Waals surface area (Å²) in [5, 5.41) is 0. The van der Waals surface area contributed by atoms with Crippen molar-refractivity contribution in [3.05, 3.63) is 53.9 Å². The SMILES string of the molecule is O=C1COc2cc(OCc3ccccn3)ccc21. The molecule has 0 unspecified atom stereocenters. The molecule has 0 bridgehead atoms.